The zero-order chi connectivity index (χ0) is 13.9. The molecule has 0 amide bonds. The Morgan fingerprint density at radius 1 is 1.26 bits per heavy atom. The fourth-order valence-electron chi connectivity index (χ4n) is 2.72. The summed E-state index contributed by atoms with van der Waals surface area (Å²) in [5.74, 6) is -0.163. The van der Waals surface area contributed by atoms with Crippen LogP contribution in [0.2, 0.25) is 0 Å². The van der Waals surface area contributed by atoms with Crippen LogP contribution in [-0.4, -0.2) is 24.3 Å². The number of hydrogen-bond acceptors (Lipinski definition) is 2. The van der Waals surface area contributed by atoms with E-state index in [2.05, 4.69) is 24.3 Å². The Morgan fingerprint density at radius 3 is 2.37 bits per heavy atom. The van der Waals surface area contributed by atoms with Crippen molar-refractivity contribution in [1.29, 1.82) is 0 Å². The molecule has 1 heterocycles. The fraction of sp³-hybridized carbons (Fsp3) is 0.562. The van der Waals surface area contributed by atoms with E-state index in [0.29, 0.717) is 5.92 Å². The molecule has 0 saturated carbocycles. The van der Waals surface area contributed by atoms with Gasteiger partial charge in [0.05, 0.1) is 6.42 Å². The van der Waals surface area contributed by atoms with Crippen molar-refractivity contribution in [3.63, 3.8) is 0 Å². The number of rotatable bonds is 4. The van der Waals surface area contributed by atoms with Gasteiger partial charge in [0.2, 0.25) is 0 Å². The van der Waals surface area contributed by atoms with Gasteiger partial charge < -0.3 is 9.84 Å². The largest absolute Gasteiger partial charge is 0.481 e. The van der Waals surface area contributed by atoms with Crippen LogP contribution in [0.3, 0.4) is 0 Å². The maximum atomic E-state index is 10.9. The summed E-state index contributed by atoms with van der Waals surface area (Å²) < 4.78 is 5.38. The number of carboxylic acids is 1. The van der Waals surface area contributed by atoms with Crippen molar-refractivity contribution in [2.45, 2.75) is 44.4 Å². The van der Waals surface area contributed by atoms with E-state index in [4.69, 9.17) is 9.84 Å². The summed E-state index contributed by atoms with van der Waals surface area (Å²) in [5, 5.41) is 8.95. The van der Waals surface area contributed by atoms with E-state index >= 15 is 0 Å². The molecule has 0 radical (unpaired) electrons. The first kappa shape index (κ1) is 14.1. The van der Waals surface area contributed by atoms with E-state index in [1.807, 2.05) is 13.8 Å². The Bertz CT molecular complexity index is 428. The first-order chi connectivity index (χ1) is 8.99. The zero-order valence-electron chi connectivity index (χ0n) is 11.7. The third kappa shape index (κ3) is 3.57. The number of benzene rings is 1. The van der Waals surface area contributed by atoms with E-state index in [1.54, 1.807) is 0 Å². The molecule has 1 aromatic carbocycles. The van der Waals surface area contributed by atoms with E-state index < -0.39 is 5.97 Å². The molecule has 0 aliphatic carbocycles. The number of carboxylic acid groups (broad SMARTS) is 1. The second-order valence-corrected chi connectivity index (χ2v) is 5.96. The predicted molar refractivity (Wildman–Crippen MR) is 74.5 cm³/mol. The summed E-state index contributed by atoms with van der Waals surface area (Å²) in [7, 11) is 0. The molecule has 3 nitrogen and oxygen atoms in total. The van der Waals surface area contributed by atoms with Crippen molar-refractivity contribution in [2.24, 2.45) is 0 Å². The normalized spacial score (nSPS) is 17.4. The lowest BCUT2D eigenvalue weighted by Crippen LogP contribution is -2.21. The summed E-state index contributed by atoms with van der Waals surface area (Å²) in [6.45, 7) is 5.64. The average Bonchev–Trinajstić information content (AvgIpc) is 2.38. The van der Waals surface area contributed by atoms with Gasteiger partial charge in [-0.3, -0.25) is 4.79 Å². The topological polar surface area (TPSA) is 46.5 Å². The van der Waals surface area contributed by atoms with Gasteiger partial charge in [-0.25, -0.2) is 0 Å². The molecular formula is C16H22O3. The van der Waals surface area contributed by atoms with Crippen molar-refractivity contribution in [1.82, 2.24) is 0 Å². The van der Waals surface area contributed by atoms with Gasteiger partial charge in [0.25, 0.3) is 0 Å². The van der Waals surface area contributed by atoms with Gasteiger partial charge in [-0.15, -0.1) is 0 Å². The summed E-state index contributed by atoms with van der Waals surface area (Å²) in [5.41, 5.74) is 2.11. The highest BCUT2D eigenvalue weighted by atomic mass is 16.5. The molecule has 0 spiro atoms. The maximum absolute atomic E-state index is 10.9. The molecule has 2 rings (SSSR count). The predicted octanol–water partition coefficient (Wildman–Crippen LogP) is 3.33. The number of ether oxygens (including phenoxy) is 1. The van der Waals surface area contributed by atoms with E-state index in [1.165, 1.54) is 5.56 Å². The van der Waals surface area contributed by atoms with Crippen LogP contribution >= 0.6 is 0 Å². The van der Waals surface area contributed by atoms with E-state index in [-0.39, 0.29) is 11.8 Å². The Labute approximate surface area is 114 Å². The smallest absolute Gasteiger partial charge is 0.304 e. The van der Waals surface area contributed by atoms with E-state index in [9.17, 15) is 4.79 Å². The summed E-state index contributed by atoms with van der Waals surface area (Å²) in [4.78, 5) is 10.9. The van der Waals surface area contributed by atoms with Crippen molar-refractivity contribution >= 4 is 5.97 Å². The summed E-state index contributed by atoms with van der Waals surface area (Å²) >= 11 is 0. The molecule has 0 unspecified atom stereocenters. The molecule has 0 atom stereocenters. The van der Waals surface area contributed by atoms with Crippen molar-refractivity contribution in [2.75, 3.05) is 13.2 Å². The number of carbonyl (C=O) groups is 1. The molecule has 1 aliphatic heterocycles. The minimum absolute atomic E-state index is 0.156. The quantitative estimate of drug-likeness (QED) is 0.905. The van der Waals surface area contributed by atoms with Crippen LogP contribution < -0.4 is 0 Å². The molecule has 1 aliphatic rings. The fourth-order valence-corrected chi connectivity index (χ4v) is 2.72. The number of hydrogen-bond donors (Lipinski definition) is 1. The Morgan fingerprint density at radius 2 is 1.84 bits per heavy atom. The molecule has 1 aromatic rings. The molecule has 1 fully saturated rings. The van der Waals surface area contributed by atoms with Gasteiger partial charge in [0.15, 0.2) is 0 Å². The third-order valence-electron chi connectivity index (χ3n) is 3.98. The average molecular weight is 262 g/mol. The Balaban J connectivity index is 2.11. The van der Waals surface area contributed by atoms with Crippen molar-refractivity contribution < 1.29 is 14.6 Å². The minimum atomic E-state index is -0.751. The zero-order valence-corrected chi connectivity index (χ0v) is 11.7. The molecule has 104 valence electrons. The lowest BCUT2D eigenvalue weighted by Gasteiger charge is -2.25. The van der Waals surface area contributed by atoms with Gasteiger partial charge in [-0.2, -0.15) is 0 Å². The lowest BCUT2D eigenvalue weighted by atomic mass is 9.80. The van der Waals surface area contributed by atoms with Crippen LogP contribution in [0.5, 0.6) is 0 Å². The van der Waals surface area contributed by atoms with Crippen LogP contribution in [0.15, 0.2) is 24.3 Å². The molecule has 19 heavy (non-hydrogen) atoms. The van der Waals surface area contributed by atoms with Gasteiger partial charge >= 0.3 is 5.97 Å². The Kier molecular flexibility index (Phi) is 4.25. The second kappa shape index (κ2) is 5.74. The Hall–Kier alpha value is -1.35. The van der Waals surface area contributed by atoms with Crippen LogP contribution in [0.4, 0.5) is 0 Å². The van der Waals surface area contributed by atoms with Crippen molar-refractivity contribution in [3.8, 4) is 0 Å². The summed E-state index contributed by atoms with van der Waals surface area (Å²) in [6, 6.07) is 8.45. The molecule has 3 heteroatoms. The summed E-state index contributed by atoms with van der Waals surface area (Å²) in [6.07, 6.45) is 2.32. The maximum Gasteiger partial charge on any atom is 0.304 e. The van der Waals surface area contributed by atoms with Gasteiger partial charge in [-0.1, -0.05) is 38.1 Å². The SMILES string of the molecule is CC(C)(CC(=O)O)c1ccc(C2CCOCC2)cc1. The lowest BCUT2D eigenvalue weighted by molar-refractivity contribution is -0.138. The van der Waals surface area contributed by atoms with E-state index in [0.717, 1.165) is 31.6 Å². The van der Waals surface area contributed by atoms with Gasteiger partial charge in [0.1, 0.15) is 0 Å². The van der Waals surface area contributed by atoms with Gasteiger partial charge in [0, 0.05) is 18.6 Å². The minimum Gasteiger partial charge on any atom is -0.481 e. The second-order valence-electron chi connectivity index (χ2n) is 5.96. The molecule has 1 N–H and O–H groups in total. The molecule has 0 bridgehead atoms. The van der Waals surface area contributed by atoms with Crippen molar-refractivity contribution in [3.05, 3.63) is 35.4 Å². The van der Waals surface area contributed by atoms with Crippen LogP contribution in [0, 0.1) is 0 Å². The van der Waals surface area contributed by atoms with Gasteiger partial charge in [-0.05, 0) is 29.9 Å². The highest BCUT2D eigenvalue weighted by molar-refractivity contribution is 5.68. The van der Waals surface area contributed by atoms with Crippen LogP contribution in [-0.2, 0) is 14.9 Å². The molecule has 0 aromatic heterocycles. The highest BCUT2D eigenvalue weighted by Gasteiger charge is 2.24. The standard InChI is InChI=1S/C16H22O3/c1-16(2,11-15(17)18)14-5-3-12(4-6-14)13-7-9-19-10-8-13/h3-6,13H,7-11H2,1-2H3,(H,17,18). The highest BCUT2D eigenvalue weighted by Crippen LogP contribution is 2.31. The van der Waals surface area contributed by atoms with Crippen LogP contribution in [0.1, 0.15) is 50.2 Å². The first-order valence-corrected chi connectivity index (χ1v) is 6.89. The monoisotopic (exact) mass is 262 g/mol. The van der Waals surface area contributed by atoms with Crippen LogP contribution in [0.25, 0.3) is 0 Å². The third-order valence-corrected chi connectivity index (χ3v) is 3.98. The number of aliphatic carboxylic acids is 1. The first-order valence-electron chi connectivity index (χ1n) is 6.89. The molecule has 1 saturated heterocycles. The molecular weight excluding hydrogens is 240 g/mol.